The molecule has 0 aromatic rings. The molecular weight excluding hydrogens is 939 g/mol. The number of hydrogen-bond acceptors (Lipinski definition) is 15. The number of ketones is 3. The van der Waals surface area contributed by atoms with Gasteiger partial charge in [-0.1, -0.05) is 82.1 Å². The van der Waals surface area contributed by atoms with E-state index in [0.717, 1.165) is 42.6 Å². The fraction of sp³-hybridized carbons (Fsp3) is 0.764. The maximum atomic E-state index is 14.5. The summed E-state index contributed by atoms with van der Waals surface area (Å²) in [6, 6.07) is -2.06. The highest BCUT2D eigenvalue weighted by Crippen LogP contribution is 2.37. The number of carbonyl (C=O) groups excluding carboxylic acids is 5. The molecule has 1 aliphatic carbocycles. The van der Waals surface area contributed by atoms with Gasteiger partial charge in [0.1, 0.15) is 30.1 Å². The molecule has 15 atom stereocenters. The van der Waals surface area contributed by atoms with Gasteiger partial charge in [0.25, 0.3) is 11.7 Å². The quantitative estimate of drug-likeness (QED) is 0.0272. The van der Waals surface area contributed by atoms with Gasteiger partial charge in [0.05, 0.1) is 24.4 Å². The molecule has 2 saturated heterocycles. The SMILES string of the molecule is CO[C@H]1C[C@@H]2CC[C@@H](C)[C@@](O)(O2)C(=O)C(=O)N2CCCC[C@H]2C(=O)O[C@H]([C@H](N)C[C@@H]2CC[C@@H](OCCCCCCN=[N+]=[N-])[C@H](OC)C2)CC(=O)[C@H](C)/C=C(\C)[C@@H](O)[C@@H](O)C(=O)[C@H](C)C[C@H](C)/C=C/C=C/C=C/1C. The lowest BCUT2D eigenvalue weighted by Crippen LogP contribution is -2.61. The average molecular weight is 1030 g/mol. The highest BCUT2D eigenvalue weighted by molar-refractivity contribution is 6.39. The minimum absolute atomic E-state index is 0.0161. The number of Topliss-reactive ketones (excluding diaryl/α,β-unsaturated/α-hetero) is 3. The smallest absolute Gasteiger partial charge is 0.329 e. The molecule has 4 rings (SSSR count). The van der Waals surface area contributed by atoms with E-state index < -0.39 is 89.6 Å². The van der Waals surface area contributed by atoms with E-state index in [2.05, 4.69) is 10.0 Å². The average Bonchev–Trinajstić information content (AvgIpc) is 3.37. The number of allylic oxidation sites excluding steroid dienone is 6. The Morgan fingerprint density at radius 3 is 2.33 bits per heavy atom. The first-order chi connectivity index (χ1) is 34.7. The maximum absolute atomic E-state index is 14.5. The number of azide groups is 1. The van der Waals surface area contributed by atoms with Crippen LogP contribution in [0.15, 0.2) is 52.7 Å². The molecule has 18 heteroatoms. The van der Waals surface area contributed by atoms with Crippen LogP contribution in [0.5, 0.6) is 0 Å². The molecule has 0 spiro atoms. The van der Waals surface area contributed by atoms with E-state index in [9.17, 15) is 39.3 Å². The van der Waals surface area contributed by atoms with Crippen LogP contribution in [0.3, 0.4) is 0 Å². The van der Waals surface area contributed by atoms with Gasteiger partial charge >= 0.3 is 5.97 Å². The lowest BCUT2D eigenvalue weighted by atomic mass is 9.80. The maximum Gasteiger partial charge on any atom is 0.329 e. The third-order valence-electron chi connectivity index (χ3n) is 15.5. The van der Waals surface area contributed by atoms with E-state index in [1.165, 1.54) is 13.0 Å². The Hall–Kier alpha value is -4.10. The molecule has 1 saturated carbocycles. The molecule has 4 aliphatic rings. The summed E-state index contributed by atoms with van der Waals surface area (Å²) in [4.78, 5) is 74.6. The van der Waals surface area contributed by atoms with Crippen molar-refractivity contribution in [1.82, 2.24) is 4.90 Å². The zero-order chi connectivity index (χ0) is 53.8. The van der Waals surface area contributed by atoms with Crippen molar-refractivity contribution in [2.24, 2.45) is 40.4 Å². The van der Waals surface area contributed by atoms with E-state index in [-0.39, 0.29) is 54.8 Å². The number of unbranched alkanes of at least 4 members (excludes halogenated alkanes) is 3. The normalized spacial score (nSPS) is 37.1. The van der Waals surface area contributed by atoms with Crippen LogP contribution in [0.4, 0.5) is 0 Å². The number of hydrogen-bond donors (Lipinski definition) is 4. The van der Waals surface area contributed by atoms with Gasteiger partial charge < -0.3 is 49.6 Å². The molecule has 3 heterocycles. The number of piperidine rings is 1. The highest BCUT2D eigenvalue weighted by Gasteiger charge is 2.53. The molecule has 0 radical (unpaired) electrons. The number of ether oxygens (including phenoxy) is 5. The van der Waals surface area contributed by atoms with Crippen molar-refractivity contribution in [2.45, 2.75) is 205 Å². The Kier molecular flexibility index (Phi) is 25.6. The molecule has 2 bridgehead atoms. The number of amides is 1. The summed E-state index contributed by atoms with van der Waals surface area (Å²) in [7, 11) is 3.20. The second-order valence-electron chi connectivity index (χ2n) is 21.3. The predicted octanol–water partition coefficient (Wildman–Crippen LogP) is 7.11. The molecule has 0 unspecified atom stereocenters. The van der Waals surface area contributed by atoms with Crippen LogP contribution in [0.25, 0.3) is 10.4 Å². The molecule has 5 N–H and O–H groups in total. The molecular formula is C55H87N5O13. The van der Waals surface area contributed by atoms with E-state index >= 15 is 0 Å². The van der Waals surface area contributed by atoms with Crippen molar-refractivity contribution in [2.75, 3.05) is 33.9 Å². The monoisotopic (exact) mass is 1030 g/mol. The Morgan fingerprint density at radius 2 is 1.62 bits per heavy atom. The van der Waals surface area contributed by atoms with Gasteiger partial charge in [-0.15, -0.1) is 0 Å². The third kappa shape index (κ3) is 18.0. The lowest BCUT2D eigenvalue weighted by molar-refractivity contribution is -0.265. The van der Waals surface area contributed by atoms with Gasteiger partial charge in [-0.3, -0.25) is 19.2 Å². The highest BCUT2D eigenvalue weighted by atomic mass is 16.6. The standard InChI is InChI=1S/C55H87N5O13/c1-34-18-12-11-13-19-35(2)46(69-7)32-41-23-21-39(6)55(68,73-41)52(65)53(66)60-26-16-14-20-43(60)54(67)72-47(33-44(61)36(3)29-38(5)50(63)51(64)49(62)37(4)28-34)42(56)30-40-22-24-45(48(31-40)70-8)71-27-17-10-9-15-25-58-59-57/h11-13,18-19,29,34,36-37,39-43,45-48,50-51,63-64,68H,9-10,14-17,20-28,30-33,56H2,1-8H3/b13-11+,18-12+,35-19+,38-29+/t34-,36-,37-,39-,40+,41+,42-,43+,45-,46+,47+,48-,50-,51+,55-/m1/s1. The van der Waals surface area contributed by atoms with Gasteiger partial charge in [0.2, 0.25) is 5.79 Å². The third-order valence-corrected chi connectivity index (χ3v) is 15.5. The zero-order valence-electron chi connectivity index (χ0n) is 44.8. The molecule has 73 heavy (non-hydrogen) atoms. The number of nitrogens with zero attached hydrogens (tertiary/aromatic N) is 4. The van der Waals surface area contributed by atoms with Gasteiger partial charge in [0, 0.05) is 75.5 Å². The second-order valence-corrected chi connectivity index (χ2v) is 21.3. The minimum atomic E-state index is -2.46. The van der Waals surface area contributed by atoms with Crippen LogP contribution in [-0.4, -0.2) is 144 Å². The fourth-order valence-electron chi connectivity index (χ4n) is 10.8. The zero-order valence-corrected chi connectivity index (χ0v) is 44.8. The Balaban J connectivity index is 1.62. The molecule has 3 aliphatic heterocycles. The van der Waals surface area contributed by atoms with Crippen molar-refractivity contribution in [3.8, 4) is 0 Å². The van der Waals surface area contributed by atoms with Gasteiger partial charge in [-0.25, -0.2) is 4.79 Å². The van der Waals surface area contributed by atoms with Crippen molar-refractivity contribution in [1.29, 1.82) is 0 Å². The summed E-state index contributed by atoms with van der Waals surface area (Å²) in [6.45, 7) is 11.4. The van der Waals surface area contributed by atoms with Crippen LogP contribution in [0, 0.1) is 29.6 Å². The first-order valence-electron chi connectivity index (χ1n) is 26.8. The van der Waals surface area contributed by atoms with E-state index in [4.69, 9.17) is 34.9 Å². The summed E-state index contributed by atoms with van der Waals surface area (Å²) < 4.78 is 30.4. The van der Waals surface area contributed by atoms with Gasteiger partial charge in [0.15, 0.2) is 5.78 Å². The predicted molar refractivity (Wildman–Crippen MR) is 275 cm³/mol. The van der Waals surface area contributed by atoms with E-state index in [1.807, 2.05) is 44.2 Å². The number of fused-ring (bicyclic) bond motifs is 3. The summed E-state index contributed by atoms with van der Waals surface area (Å²) in [5.41, 5.74) is 16.5. The van der Waals surface area contributed by atoms with Crippen LogP contribution in [-0.2, 0) is 47.7 Å². The lowest BCUT2D eigenvalue weighted by Gasteiger charge is -2.42. The molecule has 0 aromatic heterocycles. The number of carbonyl (C=O) groups is 5. The Morgan fingerprint density at radius 1 is 0.877 bits per heavy atom. The first kappa shape index (κ1) is 61.4. The van der Waals surface area contributed by atoms with Crippen molar-refractivity contribution in [3.05, 3.63) is 58.0 Å². The summed E-state index contributed by atoms with van der Waals surface area (Å²) in [6.07, 6.45) is 13.4. The minimum Gasteiger partial charge on any atom is -0.459 e. The van der Waals surface area contributed by atoms with Crippen molar-refractivity contribution in [3.63, 3.8) is 0 Å². The van der Waals surface area contributed by atoms with Gasteiger partial charge in [-0.05, 0) is 119 Å². The summed E-state index contributed by atoms with van der Waals surface area (Å²) in [5, 5.41) is 37.8. The first-order valence-corrected chi connectivity index (χ1v) is 26.8. The van der Waals surface area contributed by atoms with Crippen LogP contribution in [0.1, 0.15) is 144 Å². The van der Waals surface area contributed by atoms with Crippen molar-refractivity contribution >= 4 is 29.2 Å². The molecule has 410 valence electrons. The number of aliphatic hydroxyl groups is 3. The Bertz CT molecular complexity index is 2000. The largest absolute Gasteiger partial charge is 0.459 e. The molecule has 18 nitrogen and oxygen atoms in total. The van der Waals surface area contributed by atoms with E-state index in [0.29, 0.717) is 70.9 Å². The number of aliphatic hydroxyl groups excluding tert-OH is 2. The number of methoxy groups -OCH3 is 2. The second kappa shape index (κ2) is 30.5. The van der Waals surface area contributed by atoms with Crippen LogP contribution in [0.2, 0.25) is 0 Å². The Labute approximate surface area is 433 Å². The molecule has 0 aromatic carbocycles. The molecule has 1 amide bonds. The van der Waals surface area contributed by atoms with Crippen molar-refractivity contribution < 1.29 is 63.0 Å². The summed E-state index contributed by atoms with van der Waals surface area (Å²) in [5.74, 6) is -8.67. The summed E-state index contributed by atoms with van der Waals surface area (Å²) >= 11 is 0. The number of rotatable bonds is 13. The number of nitrogens with two attached hydrogens (primary N) is 1. The number of esters is 1. The number of cyclic esters (lactones) is 1. The van der Waals surface area contributed by atoms with Crippen LogP contribution < -0.4 is 5.73 Å². The molecule has 3 fully saturated rings. The van der Waals surface area contributed by atoms with Gasteiger partial charge in [-0.2, -0.15) is 0 Å². The van der Waals surface area contributed by atoms with Crippen LogP contribution >= 0.6 is 0 Å². The topological polar surface area (TPSA) is 270 Å². The van der Waals surface area contributed by atoms with E-state index in [1.54, 1.807) is 35.0 Å². The fourth-order valence-corrected chi connectivity index (χ4v) is 10.8.